The summed E-state index contributed by atoms with van der Waals surface area (Å²) < 4.78 is 3.27. The number of aromatic nitrogens is 2. The Morgan fingerprint density at radius 2 is 2.00 bits per heavy atom. The molecule has 0 aliphatic rings. The molecule has 0 aliphatic heterocycles. The Morgan fingerprint density at radius 3 is 2.71 bits per heavy atom. The van der Waals surface area contributed by atoms with Crippen LogP contribution in [0.25, 0.3) is 0 Å². The summed E-state index contributed by atoms with van der Waals surface area (Å²) >= 11 is 3.61. The molecule has 0 radical (unpaired) electrons. The van der Waals surface area contributed by atoms with Gasteiger partial charge in [-0.2, -0.15) is 5.10 Å². The minimum Gasteiger partial charge on any atom is -0.317 e. The van der Waals surface area contributed by atoms with Gasteiger partial charge in [0.25, 0.3) is 0 Å². The maximum Gasteiger partial charge on any atom is 0.0673 e. The Bertz CT molecular complexity index is 590. The number of nitrogens with one attached hydrogen (secondary N) is 1. The van der Waals surface area contributed by atoms with Crippen LogP contribution in [0.15, 0.2) is 28.7 Å². The van der Waals surface area contributed by atoms with Crippen molar-refractivity contribution in [3.63, 3.8) is 0 Å². The zero-order chi connectivity index (χ0) is 15.2. The first-order valence-corrected chi connectivity index (χ1v) is 8.39. The summed E-state index contributed by atoms with van der Waals surface area (Å²) in [6.45, 7) is 9.38. The fourth-order valence-electron chi connectivity index (χ4n) is 2.60. The first kappa shape index (κ1) is 16.2. The average Bonchev–Trinajstić information content (AvgIpc) is 2.73. The molecule has 0 aliphatic carbocycles. The van der Waals surface area contributed by atoms with Crippen LogP contribution >= 0.6 is 15.9 Å². The molecule has 0 saturated heterocycles. The van der Waals surface area contributed by atoms with Crippen molar-refractivity contribution in [3.05, 3.63) is 51.3 Å². The zero-order valence-electron chi connectivity index (χ0n) is 13.1. The largest absolute Gasteiger partial charge is 0.317 e. The van der Waals surface area contributed by atoms with Crippen molar-refractivity contribution in [2.75, 3.05) is 13.1 Å². The lowest BCUT2D eigenvalue weighted by molar-refractivity contribution is 0.652. The van der Waals surface area contributed by atoms with Crippen LogP contribution < -0.4 is 5.32 Å². The lowest BCUT2D eigenvalue weighted by atomic mass is 10.1. The third-order valence-electron chi connectivity index (χ3n) is 3.84. The molecule has 2 rings (SSSR count). The summed E-state index contributed by atoms with van der Waals surface area (Å²) in [5, 5.41) is 8.10. The topological polar surface area (TPSA) is 29.9 Å². The molecule has 0 atom stereocenters. The maximum atomic E-state index is 4.72. The van der Waals surface area contributed by atoms with Crippen molar-refractivity contribution >= 4 is 15.9 Å². The van der Waals surface area contributed by atoms with Gasteiger partial charge in [-0.15, -0.1) is 0 Å². The summed E-state index contributed by atoms with van der Waals surface area (Å²) in [6.07, 6.45) is 2.26. The van der Waals surface area contributed by atoms with Gasteiger partial charge in [0.15, 0.2) is 0 Å². The summed E-state index contributed by atoms with van der Waals surface area (Å²) in [6, 6.07) is 8.34. The first-order valence-electron chi connectivity index (χ1n) is 7.60. The van der Waals surface area contributed by atoms with E-state index in [1.807, 2.05) is 6.07 Å². The Kier molecular flexibility index (Phi) is 6.00. The van der Waals surface area contributed by atoms with Crippen molar-refractivity contribution in [1.29, 1.82) is 0 Å². The minimum atomic E-state index is 0.821. The van der Waals surface area contributed by atoms with Gasteiger partial charge in [-0.05, 0) is 57.0 Å². The third-order valence-corrected chi connectivity index (χ3v) is 4.61. The van der Waals surface area contributed by atoms with Crippen molar-refractivity contribution in [1.82, 2.24) is 15.1 Å². The monoisotopic (exact) mass is 349 g/mol. The predicted molar refractivity (Wildman–Crippen MR) is 91.8 cm³/mol. The van der Waals surface area contributed by atoms with E-state index in [1.165, 1.54) is 16.8 Å². The van der Waals surface area contributed by atoms with Gasteiger partial charge in [0.1, 0.15) is 0 Å². The van der Waals surface area contributed by atoms with Crippen LogP contribution in [0, 0.1) is 13.8 Å². The SMILES string of the molecule is CCNCCCc1c(C)nn(Cc2ccccc2Br)c1C. The molecule has 0 fully saturated rings. The van der Waals surface area contributed by atoms with Crippen LogP contribution in [-0.4, -0.2) is 22.9 Å². The van der Waals surface area contributed by atoms with Gasteiger partial charge >= 0.3 is 0 Å². The van der Waals surface area contributed by atoms with Crippen molar-refractivity contribution in [2.45, 2.75) is 40.2 Å². The van der Waals surface area contributed by atoms with E-state index in [1.54, 1.807) is 0 Å². The van der Waals surface area contributed by atoms with Crippen molar-refractivity contribution in [2.24, 2.45) is 0 Å². The number of hydrogen-bond donors (Lipinski definition) is 1. The Hall–Kier alpha value is -1.13. The zero-order valence-corrected chi connectivity index (χ0v) is 14.7. The number of benzene rings is 1. The predicted octanol–water partition coefficient (Wildman–Crippen LogP) is 3.85. The van der Waals surface area contributed by atoms with E-state index in [9.17, 15) is 0 Å². The molecule has 0 amide bonds. The molecule has 0 bridgehead atoms. The second kappa shape index (κ2) is 7.76. The number of nitrogens with zero attached hydrogens (tertiary/aromatic N) is 2. The lowest BCUT2D eigenvalue weighted by Crippen LogP contribution is -2.14. The Labute approximate surface area is 135 Å². The lowest BCUT2D eigenvalue weighted by Gasteiger charge is -2.08. The van der Waals surface area contributed by atoms with Crippen LogP contribution in [0.2, 0.25) is 0 Å². The van der Waals surface area contributed by atoms with Gasteiger partial charge < -0.3 is 5.32 Å². The summed E-state index contributed by atoms with van der Waals surface area (Å²) in [5.74, 6) is 0. The van der Waals surface area contributed by atoms with Crippen molar-refractivity contribution in [3.8, 4) is 0 Å². The number of aryl methyl sites for hydroxylation is 1. The van der Waals surface area contributed by atoms with Crippen LogP contribution in [0.5, 0.6) is 0 Å². The standard InChI is InChI=1S/C17H24BrN3/c1-4-19-11-7-9-16-13(2)20-21(14(16)3)12-15-8-5-6-10-17(15)18/h5-6,8,10,19H,4,7,9,11-12H2,1-3H3. The van der Waals surface area contributed by atoms with Gasteiger partial charge in [-0.3, -0.25) is 4.68 Å². The van der Waals surface area contributed by atoms with Crippen LogP contribution in [0.4, 0.5) is 0 Å². The molecule has 114 valence electrons. The highest BCUT2D eigenvalue weighted by atomic mass is 79.9. The molecule has 21 heavy (non-hydrogen) atoms. The molecular formula is C17H24BrN3. The fourth-order valence-corrected chi connectivity index (χ4v) is 3.01. The maximum absolute atomic E-state index is 4.72. The molecule has 2 aromatic rings. The number of rotatable bonds is 7. The quantitative estimate of drug-likeness (QED) is 0.769. The van der Waals surface area contributed by atoms with E-state index in [4.69, 9.17) is 5.10 Å². The molecule has 1 heterocycles. The van der Waals surface area contributed by atoms with Gasteiger partial charge in [-0.25, -0.2) is 0 Å². The molecule has 0 saturated carbocycles. The molecule has 3 nitrogen and oxygen atoms in total. The average molecular weight is 350 g/mol. The minimum absolute atomic E-state index is 0.821. The van der Waals surface area contributed by atoms with Gasteiger partial charge in [0.05, 0.1) is 12.2 Å². The number of halogens is 1. The summed E-state index contributed by atoms with van der Waals surface area (Å²) in [7, 11) is 0. The second-order valence-corrected chi connectivity index (χ2v) is 6.21. The summed E-state index contributed by atoms with van der Waals surface area (Å²) in [4.78, 5) is 0. The number of hydrogen-bond acceptors (Lipinski definition) is 2. The van der Waals surface area contributed by atoms with E-state index < -0.39 is 0 Å². The normalized spacial score (nSPS) is 11.0. The molecule has 0 unspecified atom stereocenters. The smallest absolute Gasteiger partial charge is 0.0673 e. The van der Waals surface area contributed by atoms with E-state index >= 15 is 0 Å². The highest BCUT2D eigenvalue weighted by Gasteiger charge is 2.12. The van der Waals surface area contributed by atoms with Gasteiger partial charge in [0.2, 0.25) is 0 Å². The first-order chi connectivity index (χ1) is 10.1. The van der Waals surface area contributed by atoms with E-state index in [-0.39, 0.29) is 0 Å². The summed E-state index contributed by atoms with van der Waals surface area (Å²) in [5.41, 5.74) is 5.12. The Morgan fingerprint density at radius 1 is 1.24 bits per heavy atom. The molecule has 1 aromatic heterocycles. The van der Waals surface area contributed by atoms with E-state index in [0.29, 0.717) is 0 Å². The third kappa shape index (κ3) is 4.17. The van der Waals surface area contributed by atoms with Crippen LogP contribution in [0.3, 0.4) is 0 Å². The van der Waals surface area contributed by atoms with Gasteiger partial charge in [-0.1, -0.05) is 41.1 Å². The molecule has 1 N–H and O–H groups in total. The molecule has 0 spiro atoms. The van der Waals surface area contributed by atoms with E-state index in [2.05, 4.69) is 64.9 Å². The van der Waals surface area contributed by atoms with Crippen LogP contribution in [-0.2, 0) is 13.0 Å². The Balaban J connectivity index is 2.10. The fraction of sp³-hybridized carbons (Fsp3) is 0.471. The van der Waals surface area contributed by atoms with Crippen LogP contribution in [0.1, 0.15) is 35.9 Å². The van der Waals surface area contributed by atoms with E-state index in [0.717, 1.165) is 42.6 Å². The molecular weight excluding hydrogens is 326 g/mol. The van der Waals surface area contributed by atoms with Gasteiger partial charge in [0, 0.05) is 10.2 Å². The van der Waals surface area contributed by atoms with Crippen molar-refractivity contribution < 1.29 is 0 Å². The second-order valence-electron chi connectivity index (χ2n) is 5.36. The molecule has 4 heteroatoms. The highest BCUT2D eigenvalue weighted by Crippen LogP contribution is 2.20. The highest BCUT2D eigenvalue weighted by molar-refractivity contribution is 9.10. The molecule has 1 aromatic carbocycles.